The summed E-state index contributed by atoms with van der Waals surface area (Å²) in [5.41, 5.74) is 5.81. The van der Waals surface area contributed by atoms with Crippen molar-refractivity contribution in [1.29, 1.82) is 0 Å². The molecule has 2 atom stereocenters. The fourth-order valence-electron chi connectivity index (χ4n) is 3.08. The van der Waals surface area contributed by atoms with Crippen molar-refractivity contribution in [2.75, 3.05) is 13.1 Å². The summed E-state index contributed by atoms with van der Waals surface area (Å²) < 4.78 is 5.39. The maximum Gasteiger partial charge on any atom is 0.410 e. The minimum atomic E-state index is -0.717. The van der Waals surface area contributed by atoms with Crippen LogP contribution >= 0.6 is 0 Å². The quantitative estimate of drug-likeness (QED) is 0.787. The smallest absolute Gasteiger partial charge is 0.410 e. The normalized spacial score (nSPS) is 18.1. The molecule has 1 heterocycles. The number of ketones is 1. The Labute approximate surface area is 160 Å². The molecule has 0 aromatic heterocycles. The van der Waals surface area contributed by atoms with Gasteiger partial charge in [-0.25, -0.2) is 4.79 Å². The summed E-state index contributed by atoms with van der Waals surface area (Å²) in [7, 11) is 0. The van der Waals surface area contributed by atoms with Crippen molar-refractivity contribution in [2.24, 2.45) is 5.73 Å². The molecule has 7 nitrogen and oxygen atoms in total. The van der Waals surface area contributed by atoms with E-state index in [0.717, 1.165) is 5.56 Å². The van der Waals surface area contributed by atoms with Gasteiger partial charge in [0, 0.05) is 6.54 Å². The van der Waals surface area contributed by atoms with Crippen LogP contribution < -0.4 is 11.1 Å². The number of amides is 2. The van der Waals surface area contributed by atoms with Crippen molar-refractivity contribution in [3.05, 3.63) is 35.9 Å². The SMILES string of the molecule is CC(C)(C)OC(=O)N1CCC[C@H]1C(=O)N[C@@H](Cc1ccccc1)C(=O)CN. The van der Waals surface area contributed by atoms with E-state index in [9.17, 15) is 14.4 Å². The van der Waals surface area contributed by atoms with Gasteiger partial charge in [0.15, 0.2) is 5.78 Å². The van der Waals surface area contributed by atoms with Crippen molar-refractivity contribution in [3.8, 4) is 0 Å². The van der Waals surface area contributed by atoms with E-state index in [4.69, 9.17) is 10.5 Å². The highest BCUT2D eigenvalue weighted by Crippen LogP contribution is 2.21. The highest BCUT2D eigenvalue weighted by molar-refractivity contribution is 5.93. The van der Waals surface area contributed by atoms with Crippen LogP contribution in [0.1, 0.15) is 39.2 Å². The number of nitrogens with zero attached hydrogens (tertiary/aromatic N) is 1. The first kappa shape index (κ1) is 20.9. The average molecular weight is 375 g/mol. The van der Waals surface area contributed by atoms with Gasteiger partial charge in [-0.15, -0.1) is 0 Å². The zero-order valence-corrected chi connectivity index (χ0v) is 16.2. The summed E-state index contributed by atoms with van der Waals surface area (Å²) in [4.78, 5) is 38.8. The number of rotatable bonds is 6. The number of Topliss-reactive ketones (excluding diaryl/α,β-unsaturated/α-hetero) is 1. The van der Waals surface area contributed by atoms with E-state index in [-0.39, 0.29) is 18.2 Å². The Morgan fingerprint density at radius 2 is 1.93 bits per heavy atom. The van der Waals surface area contributed by atoms with Crippen LogP contribution in [0.5, 0.6) is 0 Å². The predicted molar refractivity (Wildman–Crippen MR) is 102 cm³/mol. The molecule has 0 unspecified atom stereocenters. The van der Waals surface area contributed by atoms with Crippen LogP contribution in [0, 0.1) is 0 Å². The van der Waals surface area contributed by atoms with E-state index in [0.29, 0.717) is 25.8 Å². The fourth-order valence-corrected chi connectivity index (χ4v) is 3.08. The van der Waals surface area contributed by atoms with Gasteiger partial charge in [0.2, 0.25) is 5.91 Å². The summed E-state index contributed by atoms with van der Waals surface area (Å²) in [6.45, 7) is 5.66. The molecule has 1 aromatic carbocycles. The summed E-state index contributed by atoms with van der Waals surface area (Å²) in [6.07, 6.45) is 1.11. The Morgan fingerprint density at radius 3 is 2.52 bits per heavy atom. The zero-order valence-electron chi connectivity index (χ0n) is 16.2. The second kappa shape index (κ2) is 8.99. The lowest BCUT2D eigenvalue weighted by Gasteiger charge is -2.29. The second-order valence-corrected chi connectivity index (χ2v) is 7.75. The summed E-state index contributed by atoms with van der Waals surface area (Å²) >= 11 is 0. The third-order valence-electron chi connectivity index (χ3n) is 4.37. The van der Waals surface area contributed by atoms with Gasteiger partial charge in [-0.3, -0.25) is 14.5 Å². The Morgan fingerprint density at radius 1 is 1.26 bits per heavy atom. The summed E-state index contributed by atoms with van der Waals surface area (Å²) in [5, 5.41) is 2.79. The molecular formula is C20H29N3O4. The molecule has 148 valence electrons. The van der Waals surface area contributed by atoms with Crippen molar-refractivity contribution in [2.45, 2.75) is 57.7 Å². The maximum atomic E-state index is 12.8. The van der Waals surface area contributed by atoms with E-state index in [1.54, 1.807) is 20.8 Å². The number of nitrogens with two attached hydrogens (primary N) is 1. The molecule has 1 fully saturated rings. The molecule has 0 saturated carbocycles. The molecule has 0 bridgehead atoms. The number of ether oxygens (including phenoxy) is 1. The molecule has 0 radical (unpaired) electrons. The van der Waals surface area contributed by atoms with Gasteiger partial charge in [0.05, 0.1) is 12.6 Å². The molecule has 7 heteroatoms. The highest BCUT2D eigenvalue weighted by atomic mass is 16.6. The first-order valence-electron chi connectivity index (χ1n) is 9.28. The molecule has 1 aliphatic rings. The molecule has 2 rings (SSSR count). The van der Waals surface area contributed by atoms with Crippen molar-refractivity contribution < 1.29 is 19.1 Å². The van der Waals surface area contributed by atoms with Crippen molar-refractivity contribution >= 4 is 17.8 Å². The molecule has 0 spiro atoms. The average Bonchev–Trinajstić information content (AvgIpc) is 3.10. The Bertz CT molecular complexity index is 670. The molecule has 3 N–H and O–H groups in total. The molecular weight excluding hydrogens is 346 g/mol. The number of hydrogen-bond donors (Lipinski definition) is 2. The van der Waals surface area contributed by atoms with Gasteiger partial charge < -0.3 is 15.8 Å². The van der Waals surface area contributed by atoms with Crippen LogP contribution in [-0.2, 0) is 20.7 Å². The molecule has 27 heavy (non-hydrogen) atoms. The topological polar surface area (TPSA) is 102 Å². The molecule has 1 saturated heterocycles. The van der Waals surface area contributed by atoms with Gasteiger partial charge >= 0.3 is 6.09 Å². The third-order valence-corrected chi connectivity index (χ3v) is 4.37. The lowest BCUT2D eigenvalue weighted by molar-refractivity contribution is -0.130. The number of carbonyl (C=O) groups excluding carboxylic acids is 3. The van der Waals surface area contributed by atoms with Gasteiger partial charge in [0.25, 0.3) is 0 Å². The number of carbonyl (C=O) groups is 3. The number of benzene rings is 1. The first-order chi connectivity index (χ1) is 12.7. The van der Waals surface area contributed by atoms with Gasteiger partial charge in [0.1, 0.15) is 11.6 Å². The van der Waals surface area contributed by atoms with Crippen molar-refractivity contribution in [3.63, 3.8) is 0 Å². The molecule has 2 amide bonds. The van der Waals surface area contributed by atoms with Gasteiger partial charge in [-0.05, 0) is 45.6 Å². The van der Waals surface area contributed by atoms with Crippen LogP contribution in [0.4, 0.5) is 4.79 Å². The molecule has 1 aliphatic heterocycles. The second-order valence-electron chi connectivity index (χ2n) is 7.75. The lowest BCUT2D eigenvalue weighted by atomic mass is 10.0. The molecule has 0 aliphatic carbocycles. The third kappa shape index (κ3) is 6.06. The minimum Gasteiger partial charge on any atom is -0.444 e. The lowest BCUT2D eigenvalue weighted by Crippen LogP contribution is -2.53. The molecule has 1 aromatic rings. The summed E-state index contributed by atoms with van der Waals surface area (Å²) in [6, 6.07) is 8.08. The largest absolute Gasteiger partial charge is 0.444 e. The van der Waals surface area contributed by atoms with Crippen LogP contribution in [-0.4, -0.2) is 53.5 Å². The summed E-state index contributed by atoms with van der Waals surface area (Å²) in [5.74, 6) is -0.588. The Kier molecular flexibility index (Phi) is 6.96. The van der Waals surface area contributed by atoms with Crippen LogP contribution in [0.2, 0.25) is 0 Å². The van der Waals surface area contributed by atoms with E-state index >= 15 is 0 Å². The predicted octanol–water partition coefficient (Wildman–Crippen LogP) is 1.64. The van der Waals surface area contributed by atoms with E-state index in [1.807, 2.05) is 30.3 Å². The maximum absolute atomic E-state index is 12.8. The van der Waals surface area contributed by atoms with Gasteiger partial charge in [-0.1, -0.05) is 30.3 Å². The van der Waals surface area contributed by atoms with Crippen LogP contribution in [0.3, 0.4) is 0 Å². The van der Waals surface area contributed by atoms with E-state index in [2.05, 4.69) is 5.32 Å². The van der Waals surface area contributed by atoms with Gasteiger partial charge in [-0.2, -0.15) is 0 Å². The number of likely N-dealkylation sites (tertiary alicyclic amines) is 1. The highest BCUT2D eigenvalue weighted by Gasteiger charge is 2.37. The van der Waals surface area contributed by atoms with Crippen LogP contribution in [0.15, 0.2) is 30.3 Å². The Hall–Kier alpha value is -2.41. The number of nitrogens with one attached hydrogen (secondary N) is 1. The first-order valence-corrected chi connectivity index (χ1v) is 9.28. The van der Waals surface area contributed by atoms with Crippen molar-refractivity contribution in [1.82, 2.24) is 10.2 Å². The fraction of sp³-hybridized carbons (Fsp3) is 0.550. The van der Waals surface area contributed by atoms with E-state index < -0.39 is 23.8 Å². The zero-order chi connectivity index (χ0) is 20.0. The number of hydrogen-bond acceptors (Lipinski definition) is 5. The minimum absolute atomic E-state index is 0.155. The van der Waals surface area contributed by atoms with Crippen LogP contribution in [0.25, 0.3) is 0 Å². The van der Waals surface area contributed by atoms with E-state index in [1.165, 1.54) is 4.90 Å². The Balaban J connectivity index is 2.06. The standard InChI is InChI=1S/C20H29N3O4/c1-20(2,3)27-19(26)23-11-7-10-16(23)18(25)22-15(17(24)13-21)12-14-8-5-4-6-9-14/h4-6,8-9,15-16H,7,10-13,21H2,1-3H3,(H,22,25)/t15-,16-/m0/s1. The monoisotopic (exact) mass is 375 g/mol.